The number of amides is 3. The van der Waals surface area contributed by atoms with Crippen molar-refractivity contribution in [3.63, 3.8) is 0 Å². The first kappa shape index (κ1) is 21.6. The zero-order valence-electron chi connectivity index (χ0n) is 17.4. The first-order chi connectivity index (χ1) is 13.6. The van der Waals surface area contributed by atoms with Gasteiger partial charge in [0.2, 0.25) is 10.0 Å². The summed E-state index contributed by atoms with van der Waals surface area (Å²) in [6.07, 6.45) is 2.50. The van der Waals surface area contributed by atoms with E-state index < -0.39 is 16.1 Å². The lowest BCUT2D eigenvalue weighted by atomic mass is 10.2. The van der Waals surface area contributed by atoms with E-state index in [4.69, 9.17) is 4.74 Å². The second-order valence-electron chi connectivity index (χ2n) is 7.99. The van der Waals surface area contributed by atoms with Crippen LogP contribution in [0.15, 0.2) is 23.1 Å². The van der Waals surface area contributed by atoms with Crippen LogP contribution in [0.25, 0.3) is 0 Å². The number of urea groups is 1. The third-order valence-electron chi connectivity index (χ3n) is 5.05. The fourth-order valence-electron chi connectivity index (χ4n) is 3.69. The molecule has 29 heavy (non-hydrogen) atoms. The molecule has 9 heteroatoms. The molecule has 2 heterocycles. The molecule has 0 saturated carbocycles. The van der Waals surface area contributed by atoms with Gasteiger partial charge in [0.05, 0.1) is 16.7 Å². The van der Waals surface area contributed by atoms with Gasteiger partial charge in [-0.3, -0.25) is 14.6 Å². The Balaban J connectivity index is 1.99. The van der Waals surface area contributed by atoms with Crippen molar-refractivity contribution in [2.45, 2.75) is 64.0 Å². The number of anilines is 1. The fourth-order valence-corrected chi connectivity index (χ4v) is 5.23. The molecule has 1 aromatic carbocycles. The Morgan fingerprint density at radius 3 is 2.21 bits per heavy atom. The highest BCUT2D eigenvalue weighted by Crippen LogP contribution is 2.35. The number of ether oxygens (including phenoxy) is 1. The van der Waals surface area contributed by atoms with Crippen LogP contribution in [0, 0.1) is 0 Å². The average molecular weight is 424 g/mol. The van der Waals surface area contributed by atoms with E-state index >= 15 is 0 Å². The molecule has 2 saturated heterocycles. The largest absolute Gasteiger partial charge is 0.489 e. The SMILES string of the molecule is CC(C)Oc1cc(S(=O)(=O)N2CCCCC2)ccc1N1CC(=O)N(C(C)C)C1=O. The van der Waals surface area contributed by atoms with Crippen molar-refractivity contribution in [3.8, 4) is 5.75 Å². The molecule has 2 aliphatic heterocycles. The van der Waals surface area contributed by atoms with Crippen LogP contribution >= 0.6 is 0 Å². The van der Waals surface area contributed by atoms with E-state index in [2.05, 4.69) is 0 Å². The van der Waals surface area contributed by atoms with Crippen LogP contribution in [0.5, 0.6) is 5.75 Å². The van der Waals surface area contributed by atoms with E-state index in [1.54, 1.807) is 19.9 Å². The number of rotatable bonds is 6. The zero-order chi connectivity index (χ0) is 21.3. The summed E-state index contributed by atoms with van der Waals surface area (Å²) in [6, 6.07) is 3.83. The smallest absolute Gasteiger partial charge is 0.332 e. The molecule has 3 amide bonds. The third-order valence-corrected chi connectivity index (χ3v) is 6.95. The van der Waals surface area contributed by atoms with Crippen LogP contribution in [-0.4, -0.2) is 61.3 Å². The van der Waals surface area contributed by atoms with Crippen molar-refractivity contribution in [2.24, 2.45) is 0 Å². The maximum Gasteiger partial charge on any atom is 0.332 e. The molecule has 0 radical (unpaired) electrons. The molecule has 8 nitrogen and oxygen atoms in total. The first-order valence-corrected chi connectivity index (χ1v) is 11.5. The predicted molar refractivity (Wildman–Crippen MR) is 110 cm³/mol. The summed E-state index contributed by atoms with van der Waals surface area (Å²) in [7, 11) is -3.64. The Hall–Kier alpha value is -2.13. The average Bonchev–Trinajstić information content (AvgIpc) is 2.96. The number of benzene rings is 1. The van der Waals surface area contributed by atoms with Crippen molar-refractivity contribution in [3.05, 3.63) is 18.2 Å². The van der Waals surface area contributed by atoms with Gasteiger partial charge >= 0.3 is 6.03 Å². The number of nitrogens with zero attached hydrogens (tertiary/aromatic N) is 3. The lowest BCUT2D eigenvalue weighted by molar-refractivity contribution is -0.125. The minimum atomic E-state index is -3.64. The molecule has 0 unspecified atom stereocenters. The van der Waals surface area contributed by atoms with Crippen molar-refractivity contribution in [1.82, 2.24) is 9.21 Å². The summed E-state index contributed by atoms with van der Waals surface area (Å²) < 4.78 is 33.4. The highest BCUT2D eigenvalue weighted by molar-refractivity contribution is 7.89. The molecule has 160 valence electrons. The maximum atomic E-state index is 13.0. The molecule has 3 rings (SSSR count). The van der Waals surface area contributed by atoms with E-state index in [-0.39, 0.29) is 35.2 Å². The molecule has 2 fully saturated rings. The lowest BCUT2D eigenvalue weighted by Gasteiger charge is -2.27. The van der Waals surface area contributed by atoms with E-state index in [1.807, 2.05) is 13.8 Å². The summed E-state index contributed by atoms with van der Waals surface area (Å²) >= 11 is 0. The number of imide groups is 1. The monoisotopic (exact) mass is 423 g/mol. The van der Waals surface area contributed by atoms with Gasteiger partial charge in [0.1, 0.15) is 12.3 Å². The van der Waals surface area contributed by atoms with E-state index in [0.29, 0.717) is 18.8 Å². The van der Waals surface area contributed by atoms with E-state index in [9.17, 15) is 18.0 Å². The molecular weight excluding hydrogens is 394 g/mol. The van der Waals surface area contributed by atoms with Gasteiger partial charge in [-0.1, -0.05) is 6.42 Å². The van der Waals surface area contributed by atoms with Gasteiger partial charge in [0.25, 0.3) is 5.91 Å². The van der Waals surface area contributed by atoms with Crippen molar-refractivity contribution in [1.29, 1.82) is 0 Å². The topological polar surface area (TPSA) is 87.2 Å². The minimum Gasteiger partial charge on any atom is -0.489 e. The highest BCUT2D eigenvalue weighted by atomic mass is 32.2. The number of sulfonamides is 1. The van der Waals surface area contributed by atoms with Crippen LogP contribution in [0.4, 0.5) is 10.5 Å². The van der Waals surface area contributed by atoms with Gasteiger partial charge in [-0.15, -0.1) is 0 Å². The second kappa shape index (κ2) is 8.31. The maximum absolute atomic E-state index is 13.0. The molecule has 0 bridgehead atoms. The molecule has 0 N–H and O–H groups in total. The molecule has 0 atom stereocenters. The molecule has 2 aliphatic rings. The number of hydrogen-bond acceptors (Lipinski definition) is 5. The molecule has 0 aliphatic carbocycles. The molecule has 0 spiro atoms. The summed E-state index contributed by atoms with van der Waals surface area (Å²) in [5, 5.41) is 0. The summed E-state index contributed by atoms with van der Waals surface area (Å²) in [5.74, 6) is -0.00430. The van der Waals surface area contributed by atoms with Crippen LogP contribution in [0.1, 0.15) is 47.0 Å². The first-order valence-electron chi connectivity index (χ1n) is 10.1. The highest BCUT2D eigenvalue weighted by Gasteiger charge is 2.40. The van der Waals surface area contributed by atoms with Crippen LogP contribution in [0.2, 0.25) is 0 Å². The van der Waals surface area contributed by atoms with Crippen molar-refractivity contribution in [2.75, 3.05) is 24.5 Å². The number of carbonyl (C=O) groups is 2. The Morgan fingerprint density at radius 2 is 1.66 bits per heavy atom. The Morgan fingerprint density at radius 1 is 1.00 bits per heavy atom. The fraction of sp³-hybridized carbons (Fsp3) is 0.600. The summed E-state index contributed by atoms with van der Waals surface area (Å²) in [6.45, 7) is 8.13. The number of hydrogen-bond donors (Lipinski definition) is 0. The standard InChI is InChI=1S/C20H29N3O5S/c1-14(2)23-19(24)13-22(20(23)25)17-9-8-16(12-18(17)28-15(3)4)29(26,27)21-10-6-5-7-11-21/h8-9,12,14-15H,5-7,10-11,13H2,1-4H3. The van der Waals surface area contributed by atoms with Crippen LogP contribution in [0.3, 0.4) is 0 Å². The Labute approximate surface area is 172 Å². The molecule has 1 aromatic rings. The minimum absolute atomic E-state index is 0.0936. The van der Waals surface area contributed by atoms with Crippen LogP contribution < -0.4 is 9.64 Å². The molecular formula is C20H29N3O5S. The zero-order valence-corrected chi connectivity index (χ0v) is 18.2. The predicted octanol–water partition coefficient (Wildman–Crippen LogP) is 2.83. The van der Waals surface area contributed by atoms with Gasteiger partial charge in [-0.2, -0.15) is 4.31 Å². The van der Waals surface area contributed by atoms with Gasteiger partial charge < -0.3 is 4.74 Å². The number of piperidine rings is 1. The van der Waals surface area contributed by atoms with Crippen molar-refractivity contribution >= 4 is 27.6 Å². The van der Waals surface area contributed by atoms with E-state index in [0.717, 1.165) is 19.3 Å². The van der Waals surface area contributed by atoms with Gasteiger partial charge in [0.15, 0.2) is 0 Å². The Bertz CT molecular complexity index is 891. The second-order valence-corrected chi connectivity index (χ2v) is 9.93. The van der Waals surface area contributed by atoms with E-state index in [1.165, 1.54) is 26.2 Å². The van der Waals surface area contributed by atoms with Gasteiger partial charge in [0, 0.05) is 25.2 Å². The normalized spacial score (nSPS) is 19.0. The third kappa shape index (κ3) is 4.25. The summed E-state index contributed by atoms with van der Waals surface area (Å²) in [4.78, 5) is 27.8. The van der Waals surface area contributed by atoms with Crippen molar-refractivity contribution < 1.29 is 22.7 Å². The summed E-state index contributed by atoms with van der Waals surface area (Å²) in [5.41, 5.74) is 0.401. The van der Waals surface area contributed by atoms with Crippen LogP contribution in [-0.2, 0) is 14.8 Å². The number of carbonyl (C=O) groups excluding carboxylic acids is 2. The van der Waals surface area contributed by atoms with Gasteiger partial charge in [-0.05, 0) is 52.7 Å². The quantitative estimate of drug-likeness (QED) is 0.657. The lowest BCUT2D eigenvalue weighted by Crippen LogP contribution is -2.38. The molecule has 0 aromatic heterocycles. The van der Waals surface area contributed by atoms with Gasteiger partial charge in [-0.25, -0.2) is 13.2 Å². The Kier molecular flexibility index (Phi) is 6.19.